The number of aliphatic hydroxyl groups is 1. The van der Waals surface area contributed by atoms with Gasteiger partial charge in [0, 0.05) is 0 Å². The highest BCUT2D eigenvalue weighted by Gasteiger charge is 2.45. The fourth-order valence-electron chi connectivity index (χ4n) is 2.19. The second-order valence-electron chi connectivity index (χ2n) is 5.63. The van der Waals surface area contributed by atoms with Crippen LogP contribution in [0.15, 0.2) is 17.5 Å². The van der Waals surface area contributed by atoms with Crippen molar-refractivity contribution in [2.24, 2.45) is 5.92 Å². The van der Waals surface area contributed by atoms with Gasteiger partial charge in [0.25, 0.3) is 0 Å². The van der Waals surface area contributed by atoms with Crippen LogP contribution in [0.25, 0.3) is 10.7 Å². The van der Waals surface area contributed by atoms with Gasteiger partial charge in [-0.3, -0.25) is 4.79 Å². The molecule has 2 aromatic rings. The van der Waals surface area contributed by atoms with E-state index in [0.717, 1.165) is 4.88 Å². The largest absolute Gasteiger partial charge is 0.386 e. The van der Waals surface area contributed by atoms with E-state index in [0.29, 0.717) is 18.9 Å². The van der Waals surface area contributed by atoms with E-state index in [1.807, 2.05) is 31.4 Å². The number of amides is 1. The summed E-state index contributed by atoms with van der Waals surface area (Å²) in [5, 5.41) is 24.1. The van der Waals surface area contributed by atoms with Crippen LogP contribution in [0.5, 0.6) is 0 Å². The van der Waals surface area contributed by atoms with E-state index in [4.69, 9.17) is 0 Å². The van der Waals surface area contributed by atoms with Gasteiger partial charge in [-0.1, -0.05) is 19.9 Å². The molecule has 0 aliphatic carbocycles. The Bertz CT molecular complexity index is 631. The third-order valence-electron chi connectivity index (χ3n) is 3.83. The van der Waals surface area contributed by atoms with Gasteiger partial charge in [-0.2, -0.15) is 4.80 Å². The van der Waals surface area contributed by atoms with Crippen LogP contribution in [0.3, 0.4) is 0 Å². The molecule has 112 valence electrons. The summed E-state index contributed by atoms with van der Waals surface area (Å²) in [6.45, 7) is 4.70. The van der Waals surface area contributed by atoms with E-state index in [9.17, 15) is 9.90 Å². The Hall–Kier alpha value is -1.80. The third-order valence-corrected chi connectivity index (χ3v) is 4.69. The molecule has 0 atom stereocenters. The second kappa shape index (κ2) is 5.19. The van der Waals surface area contributed by atoms with Crippen molar-refractivity contribution in [3.05, 3.63) is 17.5 Å². The van der Waals surface area contributed by atoms with E-state index in [2.05, 4.69) is 15.4 Å². The summed E-state index contributed by atoms with van der Waals surface area (Å²) in [5.41, 5.74) is -0.756. The first kappa shape index (κ1) is 14.2. The Morgan fingerprint density at radius 1 is 1.52 bits per heavy atom. The van der Waals surface area contributed by atoms with Crippen molar-refractivity contribution < 1.29 is 9.90 Å². The average Bonchev–Trinajstić information content (AvgIpc) is 3.04. The minimum absolute atomic E-state index is 0.0482. The van der Waals surface area contributed by atoms with Gasteiger partial charge in [0.2, 0.25) is 11.7 Å². The van der Waals surface area contributed by atoms with Crippen molar-refractivity contribution in [1.29, 1.82) is 0 Å². The Morgan fingerprint density at radius 3 is 2.90 bits per heavy atom. The summed E-state index contributed by atoms with van der Waals surface area (Å²) in [5.74, 6) is 0.562. The number of aromatic nitrogens is 4. The average molecular weight is 307 g/mol. The number of β-amino-alcohol motifs (C(OH)–C–C–N with tert-alkyl or cyclic N) is 1. The fourth-order valence-corrected chi connectivity index (χ4v) is 2.84. The van der Waals surface area contributed by atoms with Gasteiger partial charge in [0.05, 0.1) is 18.0 Å². The summed E-state index contributed by atoms with van der Waals surface area (Å²) in [7, 11) is 0. The van der Waals surface area contributed by atoms with Crippen molar-refractivity contribution >= 4 is 17.2 Å². The molecule has 2 aromatic heterocycles. The van der Waals surface area contributed by atoms with Crippen molar-refractivity contribution in [2.75, 3.05) is 13.1 Å². The molecule has 0 saturated carbocycles. The van der Waals surface area contributed by atoms with E-state index in [1.54, 1.807) is 4.90 Å². The van der Waals surface area contributed by atoms with Crippen molar-refractivity contribution in [3.63, 3.8) is 0 Å². The van der Waals surface area contributed by atoms with Gasteiger partial charge in [-0.05, 0) is 22.6 Å². The number of thiophene rings is 1. The zero-order chi connectivity index (χ0) is 15.0. The van der Waals surface area contributed by atoms with E-state index in [1.165, 1.54) is 16.1 Å². The molecule has 0 spiro atoms. The molecule has 21 heavy (non-hydrogen) atoms. The standard InChI is InChI=1S/C13H17N5O2S/c1-9(2)13(20)7-17(8-13)11(19)6-18-15-12(14-16-18)10-4-3-5-21-10/h3-5,9,20H,6-8H2,1-2H3. The Balaban J connectivity index is 1.59. The molecule has 3 heterocycles. The van der Waals surface area contributed by atoms with Crippen LogP contribution >= 0.6 is 11.3 Å². The molecule has 1 amide bonds. The molecule has 0 radical (unpaired) electrons. The predicted octanol–water partition coefficient (Wildman–Crippen LogP) is 0.631. The lowest BCUT2D eigenvalue weighted by molar-refractivity contribution is -0.164. The molecule has 3 rings (SSSR count). The maximum atomic E-state index is 12.1. The Kier molecular flexibility index (Phi) is 3.50. The molecular formula is C13H17N5O2S. The number of carbonyl (C=O) groups is 1. The molecule has 8 heteroatoms. The lowest BCUT2D eigenvalue weighted by atomic mass is 9.83. The van der Waals surface area contributed by atoms with Gasteiger partial charge < -0.3 is 10.0 Å². The van der Waals surface area contributed by atoms with Gasteiger partial charge in [0.1, 0.15) is 12.1 Å². The molecule has 1 N–H and O–H groups in total. The van der Waals surface area contributed by atoms with Crippen LogP contribution in [-0.2, 0) is 11.3 Å². The maximum Gasteiger partial charge on any atom is 0.246 e. The third kappa shape index (κ3) is 2.68. The topological polar surface area (TPSA) is 84.1 Å². The second-order valence-corrected chi connectivity index (χ2v) is 6.58. The zero-order valence-corrected chi connectivity index (χ0v) is 12.7. The number of hydrogen-bond acceptors (Lipinski definition) is 6. The molecule has 1 fully saturated rings. The molecule has 1 aliphatic rings. The summed E-state index contributed by atoms with van der Waals surface area (Å²) in [6, 6.07) is 3.82. The highest BCUT2D eigenvalue weighted by Crippen LogP contribution is 2.28. The minimum Gasteiger partial charge on any atom is -0.386 e. The molecule has 0 unspecified atom stereocenters. The van der Waals surface area contributed by atoms with Crippen LogP contribution in [0.2, 0.25) is 0 Å². The Morgan fingerprint density at radius 2 is 2.29 bits per heavy atom. The summed E-state index contributed by atoms with van der Waals surface area (Å²) in [6.07, 6.45) is 0. The molecule has 0 aromatic carbocycles. The molecular weight excluding hydrogens is 290 g/mol. The zero-order valence-electron chi connectivity index (χ0n) is 11.9. The van der Waals surface area contributed by atoms with E-state index >= 15 is 0 Å². The number of likely N-dealkylation sites (tertiary alicyclic amines) is 1. The van der Waals surface area contributed by atoms with Crippen LogP contribution in [-0.4, -0.2) is 54.8 Å². The first-order chi connectivity index (χ1) is 9.98. The SMILES string of the molecule is CC(C)C1(O)CN(C(=O)Cn2nnc(-c3cccs3)n2)C1. The van der Waals surface area contributed by atoms with E-state index < -0.39 is 5.60 Å². The summed E-state index contributed by atoms with van der Waals surface area (Å²) < 4.78 is 0. The van der Waals surface area contributed by atoms with E-state index in [-0.39, 0.29) is 18.4 Å². The summed E-state index contributed by atoms with van der Waals surface area (Å²) in [4.78, 5) is 15.9. The smallest absolute Gasteiger partial charge is 0.246 e. The number of nitrogens with zero attached hydrogens (tertiary/aromatic N) is 5. The van der Waals surface area contributed by atoms with Gasteiger partial charge in [-0.25, -0.2) is 0 Å². The van der Waals surface area contributed by atoms with Crippen molar-refractivity contribution in [1.82, 2.24) is 25.1 Å². The highest BCUT2D eigenvalue weighted by atomic mass is 32.1. The van der Waals surface area contributed by atoms with Crippen molar-refractivity contribution in [2.45, 2.75) is 26.0 Å². The Labute approximate surface area is 126 Å². The molecule has 7 nitrogen and oxygen atoms in total. The number of rotatable bonds is 4. The first-order valence-electron chi connectivity index (χ1n) is 6.80. The number of tetrazole rings is 1. The fraction of sp³-hybridized carbons (Fsp3) is 0.538. The quantitative estimate of drug-likeness (QED) is 0.895. The highest BCUT2D eigenvalue weighted by molar-refractivity contribution is 7.13. The minimum atomic E-state index is -0.756. The number of hydrogen-bond donors (Lipinski definition) is 1. The summed E-state index contributed by atoms with van der Waals surface area (Å²) >= 11 is 1.53. The van der Waals surface area contributed by atoms with Gasteiger partial charge >= 0.3 is 0 Å². The van der Waals surface area contributed by atoms with Crippen molar-refractivity contribution in [3.8, 4) is 10.7 Å². The van der Waals surface area contributed by atoms with Crippen LogP contribution in [0.4, 0.5) is 0 Å². The molecule has 0 bridgehead atoms. The number of carbonyl (C=O) groups excluding carboxylic acids is 1. The lowest BCUT2D eigenvalue weighted by Gasteiger charge is -2.48. The van der Waals surface area contributed by atoms with Crippen LogP contribution < -0.4 is 0 Å². The maximum absolute atomic E-state index is 12.1. The monoisotopic (exact) mass is 307 g/mol. The predicted molar refractivity (Wildman–Crippen MR) is 77.5 cm³/mol. The molecule has 1 aliphatic heterocycles. The molecule has 1 saturated heterocycles. The normalized spacial score (nSPS) is 17.0. The van der Waals surface area contributed by atoms with Crippen LogP contribution in [0, 0.1) is 5.92 Å². The lowest BCUT2D eigenvalue weighted by Crippen LogP contribution is -2.66. The van der Waals surface area contributed by atoms with Crippen LogP contribution in [0.1, 0.15) is 13.8 Å². The van der Waals surface area contributed by atoms with Gasteiger partial charge in [0.15, 0.2) is 0 Å². The van der Waals surface area contributed by atoms with Gasteiger partial charge in [-0.15, -0.1) is 21.5 Å². The first-order valence-corrected chi connectivity index (χ1v) is 7.68.